The fourth-order valence-electron chi connectivity index (χ4n) is 2.16. The minimum absolute atomic E-state index is 0.116. The van der Waals surface area contributed by atoms with Gasteiger partial charge in [0.1, 0.15) is 9.84 Å². The third kappa shape index (κ3) is 5.20. The molecule has 0 aliphatic rings. The third-order valence-electron chi connectivity index (χ3n) is 3.37. The van der Waals surface area contributed by atoms with E-state index in [4.69, 9.17) is 10.6 Å². The largest absolute Gasteiger partial charge is 0.375 e. The van der Waals surface area contributed by atoms with E-state index < -0.39 is 9.84 Å². The molecule has 0 aliphatic carbocycles. The summed E-state index contributed by atoms with van der Waals surface area (Å²) in [6, 6.07) is 9.65. The number of benzene rings is 1. The van der Waals surface area contributed by atoms with Crippen LogP contribution in [0.5, 0.6) is 0 Å². The lowest BCUT2D eigenvalue weighted by Crippen LogP contribution is -2.40. The van der Waals surface area contributed by atoms with Crippen molar-refractivity contribution in [3.63, 3.8) is 0 Å². The molecule has 1 aromatic rings. The molecule has 3 N–H and O–H groups in total. The molecule has 0 amide bonds. The van der Waals surface area contributed by atoms with Gasteiger partial charge in [-0.15, -0.1) is 0 Å². The Morgan fingerprint density at radius 2 is 1.95 bits per heavy atom. The highest BCUT2D eigenvalue weighted by Gasteiger charge is 2.22. The van der Waals surface area contributed by atoms with Gasteiger partial charge in [-0.1, -0.05) is 37.3 Å². The van der Waals surface area contributed by atoms with Crippen molar-refractivity contribution in [1.29, 1.82) is 0 Å². The van der Waals surface area contributed by atoms with Crippen molar-refractivity contribution in [2.24, 2.45) is 5.84 Å². The van der Waals surface area contributed by atoms with Crippen molar-refractivity contribution in [2.45, 2.75) is 31.9 Å². The van der Waals surface area contributed by atoms with Crippen molar-refractivity contribution >= 4 is 9.84 Å². The average molecular weight is 300 g/mol. The first-order valence-electron chi connectivity index (χ1n) is 6.78. The number of hydrogen-bond acceptors (Lipinski definition) is 5. The summed E-state index contributed by atoms with van der Waals surface area (Å²) in [5.41, 5.74) is 3.76. The van der Waals surface area contributed by atoms with Gasteiger partial charge in [0.25, 0.3) is 0 Å². The Labute approximate surface area is 121 Å². The van der Waals surface area contributed by atoms with Gasteiger partial charge in [0.15, 0.2) is 0 Å². The van der Waals surface area contributed by atoms with Crippen molar-refractivity contribution in [3.05, 3.63) is 35.9 Å². The summed E-state index contributed by atoms with van der Waals surface area (Å²) in [5.74, 6) is 5.96. The van der Waals surface area contributed by atoms with Crippen molar-refractivity contribution in [1.82, 2.24) is 5.43 Å². The fourth-order valence-corrected chi connectivity index (χ4v) is 3.06. The standard InChI is InChI=1S/C14H24N2O3S/c1-3-20(17,18)11-7-10-13(16-15)14(19-2)12-8-5-4-6-9-12/h4-6,8-9,13-14,16H,3,7,10-11,15H2,1-2H3. The number of nitrogens with two attached hydrogens (primary N) is 1. The van der Waals surface area contributed by atoms with E-state index in [1.54, 1.807) is 14.0 Å². The van der Waals surface area contributed by atoms with E-state index in [1.165, 1.54) is 0 Å². The lowest BCUT2D eigenvalue weighted by molar-refractivity contribution is 0.0647. The fraction of sp³-hybridized carbons (Fsp3) is 0.571. The molecular weight excluding hydrogens is 276 g/mol. The Bertz CT molecular complexity index is 476. The molecule has 1 aromatic carbocycles. The predicted molar refractivity (Wildman–Crippen MR) is 80.9 cm³/mol. The highest BCUT2D eigenvalue weighted by Crippen LogP contribution is 2.23. The molecule has 0 fully saturated rings. The molecule has 20 heavy (non-hydrogen) atoms. The van der Waals surface area contributed by atoms with Crippen molar-refractivity contribution in [2.75, 3.05) is 18.6 Å². The summed E-state index contributed by atoms with van der Waals surface area (Å²) in [7, 11) is -1.30. The molecule has 0 aromatic heterocycles. The number of rotatable bonds is 9. The maximum absolute atomic E-state index is 11.5. The molecular formula is C14H24N2O3S. The van der Waals surface area contributed by atoms with E-state index in [1.807, 2.05) is 30.3 Å². The summed E-state index contributed by atoms with van der Waals surface area (Å²) in [6.07, 6.45) is 1.02. The van der Waals surface area contributed by atoms with Gasteiger partial charge in [0.2, 0.25) is 0 Å². The van der Waals surface area contributed by atoms with E-state index >= 15 is 0 Å². The van der Waals surface area contributed by atoms with E-state index in [0.29, 0.717) is 12.8 Å². The number of methoxy groups -OCH3 is 1. The molecule has 114 valence electrons. The van der Waals surface area contributed by atoms with Crippen LogP contribution in [-0.2, 0) is 14.6 Å². The minimum atomic E-state index is -2.93. The zero-order valence-corrected chi connectivity index (χ0v) is 12.9. The Morgan fingerprint density at radius 3 is 2.45 bits per heavy atom. The van der Waals surface area contributed by atoms with E-state index in [-0.39, 0.29) is 23.7 Å². The molecule has 2 unspecified atom stereocenters. The molecule has 0 heterocycles. The normalized spacial score (nSPS) is 14.9. The van der Waals surface area contributed by atoms with E-state index in [9.17, 15) is 8.42 Å². The van der Waals surface area contributed by atoms with Gasteiger partial charge in [-0.05, 0) is 18.4 Å². The summed E-state index contributed by atoms with van der Waals surface area (Å²) in [5, 5.41) is 0. The van der Waals surface area contributed by atoms with E-state index in [2.05, 4.69) is 5.43 Å². The Hall–Kier alpha value is -0.950. The Kier molecular flexibility index (Phi) is 7.15. The van der Waals surface area contributed by atoms with Crippen LogP contribution in [0.25, 0.3) is 0 Å². The van der Waals surface area contributed by atoms with Crippen LogP contribution in [0.15, 0.2) is 30.3 Å². The molecule has 1 rings (SSSR count). The van der Waals surface area contributed by atoms with Crippen LogP contribution >= 0.6 is 0 Å². The summed E-state index contributed by atoms with van der Waals surface area (Å²) in [6.45, 7) is 1.66. The Balaban J connectivity index is 2.64. The average Bonchev–Trinajstić information content (AvgIpc) is 2.47. The molecule has 0 spiro atoms. The van der Waals surface area contributed by atoms with Gasteiger partial charge in [-0.25, -0.2) is 8.42 Å². The molecule has 0 aliphatic heterocycles. The Morgan fingerprint density at radius 1 is 1.30 bits per heavy atom. The second-order valence-corrected chi connectivity index (χ2v) is 7.19. The lowest BCUT2D eigenvalue weighted by Gasteiger charge is -2.25. The van der Waals surface area contributed by atoms with Crippen LogP contribution in [-0.4, -0.2) is 33.1 Å². The second-order valence-electron chi connectivity index (χ2n) is 4.72. The highest BCUT2D eigenvalue weighted by molar-refractivity contribution is 7.91. The maximum atomic E-state index is 11.5. The second kappa shape index (κ2) is 8.36. The van der Waals surface area contributed by atoms with Crippen LogP contribution in [0.4, 0.5) is 0 Å². The van der Waals surface area contributed by atoms with Crippen LogP contribution in [0.1, 0.15) is 31.4 Å². The number of ether oxygens (including phenoxy) is 1. The maximum Gasteiger partial charge on any atom is 0.150 e. The van der Waals surface area contributed by atoms with Crippen molar-refractivity contribution < 1.29 is 13.2 Å². The molecule has 0 saturated heterocycles. The molecule has 0 saturated carbocycles. The zero-order valence-electron chi connectivity index (χ0n) is 12.1. The number of hydrazine groups is 1. The first-order valence-corrected chi connectivity index (χ1v) is 8.60. The smallest absolute Gasteiger partial charge is 0.150 e. The zero-order chi connectivity index (χ0) is 15.0. The summed E-state index contributed by atoms with van der Waals surface area (Å²) in [4.78, 5) is 0. The number of hydrogen-bond donors (Lipinski definition) is 2. The quantitative estimate of drug-likeness (QED) is 0.532. The van der Waals surface area contributed by atoms with Gasteiger partial charge < -0.3 is 4.74 Å². The first kappa shape index (κ1) is 17.1. The highest BCUT2D eigenvalue weighted by atomic mass is 32.2. The molecule has 0 bridgehead atoms. The van der Waals surface area contributed by atoms with Crippen LogP contribution in [0, 0.1) is 0 Å². The number of sulfone groups is 1. The predicted octanol–water partition coefficient (Wildman–Crippen LogP) is 1.42. The summed E-state index contributed by atoms with van der Waals surface area (Å²) < 4.78 is 28.5. The topological polar surface area (TPSA) is 81.4 Å². The monoisotopic (exact) mass is 300 g/mol. The van der Waals surface area contributed by atoms with Gasteiger partial charge in [-0.2, -0.15) is 0 Å². The van der Waals surface area contributed by atoms with Gasteiger partial charge in [0, 0.05) is 12.9 Å². The van der Waals surface area contributed by atoms with Crippen LogP contribution < -0.4 is 11.3 Å². The summed E-state index contributed by atoms with van der Waals surface area (Å²) >= 11 is 0. The van der Waals surface area contributed by atoms with Gasteiger partial charge >= 0.3 is 0 Å². The van der Waals surface area contributed by atoms with Crippen LogP contribution in [0.3, 0.4) is 0 Å². The first-order chi connectivity index (χ1) is 9.54. The molecule has 6 heteroatoms. The van der Waals surface area contributed by atoms with Crippen LogP contribution in [0.2, 0.25) is 0 Å². The lowest BCUT2D eigenvalue weighted by atomic mass is 9.99. The van der Waals surface area contributed by atoms with Gasteiger partial charge in [-0.3, -0.25) is 11.3 Å². The minimum Gasteiger partial charge on any atom is -0.375 e. The molecule has 5 nitrogen and oxygen atoms in total. The molecule has 2 atom stereocenters. The van der Waals surface area contributed by atoms with Crippen molar-refractivity contribution in [3.8, 4) is 0 Å². The third-order valence-corrected chi connectivity index (χ3v) is 5.16. The van der Waals surface area contributed by atoms with E-state index in [0.717, 1.165) is 5.56 Å². The van der Waals surface area contributed by atoms with Gasteiger partial charge in [0.05, 0.1) is 17.9 Å². The SMILES string of the molecule is CCS(=O)(=O)CCCC(NN)C(OC)c1ccccc1. The molecule has 0 radical (unpaired) electrons. The number of nitrogens with one attached hydrogen (secondary N) is 1.